The molecule has 2 rings (SSSR count). The molecule has 2 aromatic rings. The SMILES string of the molecule is CC/C(=N\NC(=O)c1ccoc1C)c1ccc(O)cc1. The van der Waals surface area contributed by atoms with Gasteiger partial charge in [0.2, 0.25) is 0 Å². The minimum atomic E-state index is -0.305. The third-order valence-electron chi connectivity index (χ3n) is 2.93. The molecule has 1 aromatic heterocycles. The van der Waals surface area contributed by atoms with Crippen molar-refractivity contribution in [2.75, 3.05) is 0 Å². The van der Waals surface area contributed by atoms with Crippen molar-refractivity contribution in [3.05, 3.63) is 53.5 Å². The summed E-state index contributed by atoms with van der Waals surface area (Å²) in [5.41, 5.74) is 4.58. The van der Waals surface area contributed by atoms with Crippen LogP contribution in [0.3, 0.4) is 0 Å². The highest BCUT2D eigenvalue weighted by Crippen LogP contribution is 2.12. The Kier molecular flexibility index (Phi) is 4.20. The molecule has 1 amide bonds. The van der Waals surface area contributed by atoms with E-state index in [1.807, 2.05) is 6.92 Å². The highest BCUT2D eigenvalue weighted by Gasteiger charge is 2.11. The van der Waals surface area contributed by atoms with Crippen LogP contribution in [0.1, 0.15) is 35.0 Å². The first kappa shape index (κ1) is 13.9. The largest absolute Gasteiger partial charge is 0.508 e. The van der Waals surface area contributed by atoms with Crippen LogP contribution in [0.15, 0.2) is 46.1 Å². The predicted octanol–water partition coefficient (Wildman–Crippen LogP) is 2.84. The van der Waals surface area contributed by atoms with Crippen molar-refractivity contribution in [1.29, 1.82) is 0 Å². The van der Waals surface area contributed by atoms with Gasteiger partial charge < -0.3 is 9.52 Å². The van der Waals surface area contributed by atoms with E-state index in [1.165, 1.54) is 6.26 Å². The maximum Gasteiger partial charge on any atom is 0.274 e. The van der Waals surface area contributed by atoms with E-state index in [-0.39, 0.29) is 11.7 Å². The third kappa shape index (κ3) is 3.06. The van der Waals surface area contributed by atoms with Gasteiger partial charge in [-0.2, -0.15) is 5.10 Å². The van der Waals surface area contributed by atoms with Crippen LogP contribution in [0.5, 0.6) is 5.75 Å². The zero-order valence-electron chi connectivity index (χ0n) is 11.4. The summed E-state index contributed by atoms with van der Waals surface area (Å²) in [5, 5.41) is 13.4. The average Bonchev–Trinajstić information content (AvgIpc) is 2.87. The van der Waals surface area contributed by atoms with E-state index in [9.17, 15) is 9.90 Å². The van der Waals surface area contributed by atoms with Crippen LogP contribution in [0, 0.1) is 6.92 Å². The molecule has 1 aromatic carbocycles. The van der Waals surface area contributed by atoms with Crippen molar-refractivity contribution >= 4 is 11.6 Å². The van der Waals surface area contributed by atoms with Gasteiger partial charge in [-0.1, -0.05) is 6.92 Å². The van der Waals surface area contributed by atoms with Crippen molar-refractivity contribution < 1.29 is 14.3 Å². The van der Waals surface area contributed by atoms with Gasteiger partial charge in [-0.3, -0.25) is 4.79 Å². The zero-order valence-corrected chi connectivity index (χ0v) is 11.4. The number of phenolic OH excluding ortho intramolecular Hbond substituents is 1. The minimum absolute atomic E-state index is 0.197. The highest BCUT2D eigenvalue weighted by atomic mass is 16.3. The fourth-order valence-electron chi connectivity index (χ4n) is 1.80. The summed E-state index contributed by atoms with van der Waals surface area (Å²) < 4.78 is 5.08. The average molecular weight is 272 g/mol. The van der Waals surface area contributed by atoms with Gasteiger partial charge in [0.25, 0.3) is 5.91 Å². The third-order valence-corrected chi connectivity index (χ3v) is 2.93. The number of amides is 1. The number of hydrogen-bond acceptors (Lipinski definition) is 4. The Morgan fingerprint density at radius 2 is 2.00 bits per heavy atom. The number of hydrogen-bond donors (Lipinski definition) is 2. The van der Waals surface area contributed by atoms with Crippen molar-refractivity contribution in [3.63, 3.8) is 0 Å². The van der Waals surface area contributed by atoms with Crippen molar-refractivity contribution in [1.82, 2.24) is 5.43 Å². The first-order valence-corrected chi connectivity index (χ1v) is 6.32. The molecule has 0 aliphatic carbocycles. The standard InChI is InChI=1S/C15H16N2O3/c1-3-14(11-4-6-12(18)7-5-11)16-17-15(19)13-8-9-20-10(13)2/h4-9,18H,3H2,1-2H3,(H,17,19)/b16-14+. The lowest BCUT2D eigenvalue weighted by Gasteiger charge is -2.05. The Bertz CT molecular complexity index is 627. The number of aromatic hydroxyl groups is 1. The van der Waals surface area contributed by atoms with Crippen LogP contribution in [0.25, 0.3) is 0 Å². The lowest BCUT2D eigenvalue weighted by Crippen LogP contribution is -2.20. The van der Waals surface area contributed by atoms with E-state index >= 15 is 0 Å². The summed E-state index contributed by atoms with van der Waals surface area (Å²) >= 11 is 0. The molecular formula is C15H16N2O3. The predicted molar refractivity (Wildman–Crippen MR) is 75.8 cm³/mol. The molecule has 0 aliphatic rings. The molecular weight excluding hydrogens is 256 g/mol. The molecule has 0 fully saturated rings. The van der Waals surface area contributed by atoms with Crippen LogP contribution in [0.2, 0.25) is 0 Å². The van der Waals surface area contributed by atoms with E-state index < -0.39 is 0 Å². The van der Waals surface area contributed by atoms with E-state index in [4.69, 9.17) is 4.42 Å². The molecule has 0 bridgehead atoms. The Hall–Kier alpha value is -2.56. The van der Waals surface area contributed by atoms with Crippen molar-refractivity contribution in [2.45, 2.75) is 20.3 Å². The van der Waals surface area contributed by atoms with Crippen molar-refractivity contribution in [3.8, 4) is 5.75 Å². The molecule has 0 radical (unpaired) electrons. The minimum Gasteiger partial charge on any atom is -0.508 e. The second-order valence-electron chi connectivity index (χ2n) is 4.29. The first-order valence-electron chi connectivity index (χ1n) is 6.32. The van der Waals surface area contributed by atoms with Gasteiger partial charge in [-0.15, -0.1) is 0 Å². The number of rotatable bonds is 4. The molecule has 0 atom stereocenters. The number of benzene rings is 1. The van der Waals surface area contributed by atoms with Crippen LogP contribution in [-0.4, -0.2) is 16.7 Å². The van der Waals surface area contributed by atoms with E-state index in [0.717, 1.165) is 11.3 Å². The number of phenols is 1. The molecule has 0 saturated carbocycles. The van der Waals surface area contributed by atoms with Crippen LogP contribution in [0.4, 0.5) is 0 Å². The van der Waals surface area contributed by atoms with Gasteiger partial charge in [0.05, 0.1) is 17.5 Å². The molecule has 5 nitrogen and oxygen atoms in total. The monoisotopic (exact) mass is 272 g/mol. The first-order chi connectivity index (χ1) is 9.61. The number of carbonyl (C=O) groups is 1. The lowest BCUT2D eigenvalue weighted by molar-refractivity contribution is 0.0953. The Morgan fingerprint density at radius 3 is 2.55 bits per heavy atom. The Balaban J connectivity index is 2.14. The molecule has 20 heavy (non-hydrogen) atoms. The molecule has 0 aliphatic heterocycles. The summed E-state index contributed by atoms with van der Waals surface area (Å²) in [5.74, 6) is 0.448. The summed E-state index contributed by atoms with van der Waals surface area (Å²) in [6, 6.07) is 8.29. The molecule has 2 N–H and O–H groups in total. The molecule has 104 valence electrons. The molecule has 0 spiro atoms. The van der Waals surface area contributed by atoms with Gasteiger partial charge in [-0.05, 0) is 49.2 Å². The summed E-state index contributed by atoms with van der Waals surface area (Å²) in [6.45, 7) is 3.67. The number of hydrazone groups is 1. The van der Waals surface area contributed by atoms with Gasteiger partial charge in [0.1, 0.15) is 11.5 Å². The topological polar surface area (TPSA) is 74.8 Å². The normalized spacial score (nSPS) is 11.4. The second kappa shape index (κ2) is 6.06. The van der Waals surface area contributed by atoms with Gasteiger partial charge in [-0.25, -0.2) is 5.43 Å². The van der Waals surface area contributed by atoms with Crippen LogP contribution >= 0.6 is 0 Å². The smallest absolute Gasteiger partial charge is 0.274 e. The number of nitrogens with zero attached hydrogens (tertiary/aromatic N) is 1. The summed E-state index contributed by atoms with van der Waals surface area (Å²) in [4.78, 5) is 11.9. The molecule has 5 heteroatoms. The van der Waals surface area contributed by atoms with Gasteiger partial charge in [0.15, 0.2) is 0 Å². The fraction of sp³-hybridized carbons (Fsp3) is 0.200. The fourth-order valence-corrected chi connectivity index (χ4v) is 1.80. The van der Waals surface area contributed by atoms with E-state index in [1.54, 1.807) is 37.3 Å². The molecule has 0 saturated heterocycles. The number of carbonyl (C=O) groups excluding carboxylic acids is 1. The maximum atomic E-state index is 11.9. The van der Waals surface area contributed by atoms with Crippen molar-refractivity contribution in [2.24, 2.45) is 5.10 Å². The Morgan fingerprint density at radius 1 is 1.30 bits per heavy atom. The number of nitrogens with one attached hydrogen (secondary N) is 1. The second-order valence-corrected chi connectivity index (χ2v) is 4.29. The molecule has 0 unspecified atom stereocenters. The van der Waals surface area contributed by atoms with E-state index in [2.05, 4.69) is 10.5 Å². The van der Waals surface area contributed by atoms with Crippen LogP contribution < -0.4 is 5.43 Å². The van der Waals surface area contributed by atoms with Crippen LogP contribution in [-0.2, 0) is 0 Å². The Labute approximate surface area is 116 Å². The number of aryl methyl sites for hydroxylation is 1. The maximum absolute atomic E-state index is 11.9. The summed E-state index contributed by atoms with van der Waals surface area (Å²) in [6.07, 6.45) is 2.13. The van der Waals surface area contributed by atoms with Gasteiger partial charge >= 0.3 is 0 Å². The zero-order chi connectivity index (χ0) is 14.5. The number of furan rings is 1. The van der Waals surface area contributed by atoms with Gasteiger partial charge in [0, 0.05) is 0 Å². The highest BCUT2D eigenvalue weighted by molar-refractivity contribution is 6.02. The molecule has 1 heterocycles. The summed E-state index contributed by atoms with van der Waals surface area (Å²) in [7, 11) is 0. The quantitative estimate of drug-likeness (QED) is 0.664. The van der Waals surface area contributed by atoms with E-state index in [0.29, 0.717) is 17.7 Å². The lowest BCUT2D eigenvalue weighted by atomic mass is 10.1.